The van der Waals surface area contributed by atoms with Gasteiger partial charge in [0.1, 0.15) is 11.6 Å². The molecule has 1 aromatic heterocycles. The van der Waals surface area contributed by atoms with E-state index < -0.39 is 0 Å². The van der Waals surface area contributed by atoms with E-state index in [2.05, 4.69) is 69.0 Å². The summed E-state index contributed by atoms with van der Waals surface area (Å²) in [5, 5.41) is 11.4. The van der Waals surface area contributed by atoms with Crippen LogP contribution in [0, 0.1) is 6.92 Å². The first-order valence-electron chi connectivity index (χ1n) is 10.2. The third-order valence-corrected chi connectivity index (χ3v) is 5.18. The molecule has 2 N–H and O–H groups in total. The van der Waals surface area contributed by atoms with Crippen LogP contribution in [0.15, 0.2) is 41.4 Å². The van der Waals surface area contributed by atoms with E-state index in [1.807, 2.05) is 11.6 Å². The van der Waals surface area contributed by atoms with E-state index >= 15 is 0 Å². The van der Waals surface area contributed by atoms with Crippen LogP contribution in [0.1, 0.15) is 43.0 Å². The minimum Gasteiger partial charge on any atom is -0.364 e. The molecule has 1 atom stereocenters. The molecule has 29 heavy (non-hydrogen) atoms. The second-order valence-electron chi connectivity index (χ2n) is 7.32. The van der Waals surface area contributed by atoms with Crippen LogP contribution in [0.3, 0.4) is 0 Å². The van der Waals surface area contributed by atoms with Gasteiger partial charge in [0.15, 0.2) is 5.96 Å². The number of hydrogen-bond acceptors (Lipinski definition) is 4. The van der Waals surface area contributed by atoms with E-state index in [9.17, 15) is 0 Å². The highest BCUT2D eigenvalue weighted by atomic mass is 127. The van der Waals surface area contributed by atoms with Crippen molar-refractivity contribution in [3.63, 3.8) is 0 Å². The number of aliphatic imine (C=N–C) groups is 1. The lowest BCUT2D eigenvalue weighted by molar-refractivity contribution is 0.397. The molecule has 0 saturated carbocycles. The number of nitrogens with zero attached hydrogens (tertiary/aromatic N) is 5. The van der Waals surface area contributed by atoms with Crippen LogP contribution in [0.2, 0.25) is 0 Å². The number of nitrogens with one attached hydrogen (secondary N) is 2. The van der Waals surface area contributed by atoms with Crippen molar-refractivity contribution in [2.45, 2.75) is 45.8 Å². The van der Waals surface area contributed by atoms with Crippen molar-refractivity contribution >= 4 is 35.6 Å². The maximum atomic E-state index is 4.80. The number of rotatable bonds is 5. The van der Waals surface area contributed by atoms with Crippen molar-refractivity contribution < 1.29 is 0 Å². The Morgan fingerprint density at radius 1 is 1.21 bits per heavy atom. The summed E-state index contributed by atoms with van der Waals surface area (Å²) in [7, 11) is 0. The number of aromatic nitrogens is 3. The van der Waals surface area contributed by atoms with E-state index in [1.54, 1.807) is 0 Å². The molecule has 8 heteroatoms. The summed E-state index contributed by atoms with van der Waals surface area (Å²) < 4.78 is 2.02. The van der Waals surface area contributed by atoms with Gasteiger partial charge in [-0.05, 0) is 44.4 Å². The number of fused-ring (bicyclic) bond motifs is 1. The second-order valence-corrected chi connectivity index (χ2v) is 7.32. The van der Waals surface area contributed by atoms with Crippen molar-refractivity contribution in [3.8, 4) is 0 Å². The molecule has 0 aliphatic carbocycles. The molecule has 0 radical (unpaired) electrons. The summed E-state index contributed by atoms with van der Waals surface area (Å²) in [6, 6.07) is 8.86. The number of benzene rings is 1. The molecular weight excluding hydrogens is 477 g/mol. The Labute approximate surface area is 189 Å². The van der Waals surface area contributed by atoms with Crippen LogP contribution in [-0.2, 0) is 13.1 Å². The number of hydrogen-bond donors (Lipinski definition) is 2. The molecule has 3 heterocycles. The lowest BCUT2D eigenvalue weighted by Crippen LogP contribution is -2.41. The summed E-state index contributed by atoms with van der Waals surface area (Å²) in [6.07, 6.45) is 6.56. The third kappa shape index (κ3) is 5.29. The smallest absolute Gasteiger partial charge is 0.192 e. The average Bonchev–Trinajstić information content (AvgIpc) is 3.36. The Morgan fingerprint density at radius 3 is 2.69 bits per heavy atom. The van der Waals surface area contributed by atoms with Gasteiger partial charge in [-0.25, -0.2) is 14.7 Å². The first kappa shape index (κ1) is 21.6. The third-order valence-electron chi connectivity index (χ3n) is 5.18. The lowest BCUT2D eigenvalue weighted by Gasteiger charge is -2.25. The zero-order valence-corrected chi connectivity index (χ0v) is 19.5. The van der Waals surface area contributed by atoms with E-state index in [4.69, 9.17) is 4.99 Å². The minimum atomic E-state index is 0. The average molecular weight is 507 g/mol. The molecule has 7 nitrogen and oxygen atoms in total. The number of halogens is 1. The SMILES string of the molecule is CCNC(=NCc1ccc(N2CC=CC2)cc1)NC1CCCn2nc(C)nc21.I. The molecule has 2 aliphatic rings. The highest BCUT2D eigenvalue weighted by Crippen LogP contribution is 2.23. The van der Waals surface area contributed by atoms with Gasteiger partial charge in [-0.15, -0.1) is 24.0 Å². The molecule has 1 unspecified atom stereocenters. The van der Waals surface area contributed by atoms with Crippen LogP contribution in [0.25, 0.3) is 0 Å². The predicted octanol–water partition coefficient (Wildman–Crippen LogP) is 3.17. The molecule has 1 aromatic carbocycles. The van der Waals surface area contributed by atoms with E-state index in [0.717, 1.165) is 56.6 Å². The fourth-order valence-electron chi connectivity index (χ4n) is 3.76. The monoisotopic (exact) mass is 507 g/mol. The van der Waals surface area contributed by atoms with E-state index in [1.165, 1.54) is 11.3 Å². The van der Waals surface area contributed by atoms with Crippen molar-refractivity contribution in [2.24, 2.45) is 4.99 Å². The fourth-order valence-corrected chi connectivity index (χ4v) is 3.76. The Balaban J connectivity index is 0.00000240. The lowest BCUT2D eigenvalue weighted by atomic mass is 10.1. The van der Waals surface area contributed by atoms with Crippen molar-refractivity contribution in [1.29, 1.82) is 0 Å². The van der Waals surface area contributed by atoms with Crippen molar-refractivity contribution in [1.82, 2.24) is 25.4 Å². The van der Waals surface area contributed by atoms with Gasteiger partial charge >= 0.3 is 0 Å². The minimum absolute atomic E-state index is 0. The molecule has 156 valence electrons. The second kappa shape index (κ2) is 10.1. The number of guanidine groups is 1. The maximum absolute atomic E-state index is 4.80. The van der Waals surface area contributed by atoms with Gasteiger partial charge in [0.2, 0.25) is 0 Å². The number of anilines is 1. The first-order valence-corrected chi connectivity index (χ1v) is 10.2. The van der Waals surface area contributed by atoms with Crippen LogP contribution >= 0.6 is 24.0 Å². The molecule has 0 amide bonds. The number of aryl methyl sites for hydroxylation is 2. The quantitative estimate of drug-likeness (QED) is 0.282. The van der Waals surface area contributed by atoms with Gasteiger partial charge in [-0.3, -0.25) is 0 Å². The molecule has 0 bridgehead atoms. The molecule has 0 saturated heterocycles. The van der Waals surface area contributed by atoms with Crippen molar-refractivity contribution in [2.75, 3.05) is 24.5 Å². The Morgan fingerprint density at radius 2 is 1.97 bits per heavy atom. The van der Waals surface area contributed by atoms with Gasteiger partial charge in [-0.1, -0.05) is 24.3 Å². The summed E-state index contributed by atoms with van der Waals surface area (Å²) >= 11 is 0. The largest absolute Gasteiger partial charge is 0.364 e. The summed E-state index contributed by atoms with van der Waals surface area (Å²) in [5.41, 5.74) is 2.47. The molecule has 0 fully saturated rings. The Bertz CT molecular complexity index is 848. The molecular formula is C21H30IN7. The van der Waals surface area contributed by atoms with Gasteiger partial charge in [0.05, 0.1) is 12.6 Å². The van der Waals surface area contributed by atoms with E-state index in [-0.39, 0.29) is 30.0 Å². The highest BCUT2D eigenvalue weighted by Gasteiger charge is 2.24. The van der Waals surface area contributed by atoms with Crippen LogP contribution in [0.4, 0.5) is 5.69 Å². The van der Waals surface area contributed by atoms with Gasteiger partial charge in [0.25, 0.3) is 0 Å². The topological polar surface area (TPSA) is 70.4 Å². The summed E-state index contributed by atoms with van der Waals surface area (Å²) in [5.74, 6) is 2.67. The first-order chi connectivity index (χ1) is 13.7. The highest BCUT2D eigenvalue weighted by molar-refractivity contribution is 14.0. The molecule has 4 rings (SSSR count). The Kier molecular flexibility index (Phi) is 7.51. The van der Waals surface area contributed by atoms with Gasteiger partial charge in [-0.2, -0.15) is 5.10 Å². The zero-order chi connectivity index (χ0) is 19.3. The van der Waals surface area contributed by atoms with Crippen LogP contribution in [-0.4, -0.2) is 40.4 Å². The standard InChI is InChI=1S/C21H29N7.HI/c1-3-22-21(25-19-7-6-14-28-20(19)24-16(2)26-28)23-15-17-8-10-18(11-9-17)27-12-4-5-13-27;/h4-5,8-11,19H,3,6-7,12-15H2,1-2H3,(H2,22,23,25);1H. The predicted molar refractivity (Wildman–Crippen MR) is 128 cm³/mol. The van der Waals surface area contributed by atoms with Crippen LogP contribution < -0.4 is 15.5 Å². The zero-order valence-electron chi connectivity index (χ0n) is 17.1. The fraction of sp³-hybridized carbons (Fsp3) is 0.476. The molecule has 2 aromatic rings. The van der Waals surface area contributed by atoms with Gasteiger partial charge < -0.3 is 15.5 Å². The maximum Gasteiger partial charge on any atom is 0.192 e. The molecule has 2 aliphatic heterocycles. The van der Waals surface area contributed by atoms with Crippen LogP contribution in [0.5, 0.6) is 0 Å². The van der Waals surface area contributed by atoms with E-state index in [0.29, 0.717) is 6.54 Å². The Hall–Kier alpha value is -2.10. The summed E-state index contributed by atoms with van der Waals surface area (Å²) in [6.45, 7) is 8.44. The van der Waals surface area contributed by atoms with Gasteiger partial charge in [0, 0.05) is 31.9 Å². The summed E-state index contributed by atoms with van der Waals surface area (Å²) in [4.78, 5) is 11.8. The normalized spacial score (nSPS) is 18.3. The molecule has 0 spiro atoms. The van der Waals surface area contributed by atoms with Crippen molar-refractivity contribution in [3.05, 3.63) is 53.6 Å².